The molecule has 2 aromatic rings. The Balaban J connectivity index is 1.79. The normalized spacial score (nSPS) is 13.7. The molecule has 1 amide bonds. The smallest absolute Gasteiger partial charge is 0.410 e. The van der Waals surface area contributed by atoms with Crippen LogP contribution in [-0.2, 0) is 9.53 Å². The molecule has 0 unspecified atom stereocenters. The van der Waals surface area contributed by atoms with Crippen LogP contribution in [0.25, 0.3) is 11.1 Å². The number of amides is 1. The number of carbonyl (C=O) groups excluding carboxylic acids is 1. The van der Waals surface area contributed by atoms with Crippen LogP contribution in [0.2, 0.25) is 0 Å². The molecule has 29 heavy (non-hydrogen) atoms. The predicted octanol–water partition coefficient (Wildman–Crippen LogP) is 5.15. The average Bonchev–Trinajstić information content (AvgIpc) is 3.02. The number of hydrogen-bond donors (Lipinski definition) is 1. The molecule has 0 bridgehead atoms. The molecule has 0 spiro atoms. The number of fused-ring (bicyclic) bond motifs is 3. The van der Waals surface area contributed by atoms with Gasteiger partial charge in [-0.2, -0.15) is 0 Å². The van der Waals surface area contributed by atoms with E-state index >= 15 is 0 Å². The lowest BCUT2D eigenvalue weighted by atomic mass is 9.98. The summed E-state index contributed by atoms with van der Waals surface area (Å²) >= 11 is 0. The minimum Gasteiger partial charge on any atom is -0.480 e. The van der Waals surface area contributed by atoms with Gasteiger partial charge in [-0.05, 0) is 41.0 Å². The van der Waals surface area contributed by atoms with Crippen LogP contribution >= 0.6 is 0 Å². The van der Waals surface area contributed by atoms with Gasteiger partial charge in [0.05, 0.1) is 0 Å². The van der Waals surface area contributed by atoms with Gasteiger partial charge in [0.2, 0.25) is 0 Å². The molecular formula is C24H29NO4. The number of carbonyl (C=O) groups is 2. The molecule has 2 aromatic carbocycles. The maximum atomic E-state index is 12.9. The highest BCUT2D eigenvalue weighted by molar-refractivity contribution is 5.81. The molecule has 154 valence electrons. The number of rotatable bonds is 8. The van der Waals surface area contributed by atoms with Crippen LogP contribution in [-0.4, -0.2) is 41.3 Å². The second-order valence-electron chi connectivity index (χ2n) is 7.98. The largest absolute Gasteiger partial charge is 0.480 e. The highest BCUT2D eigenvalue weighted by Gasteiger charge is 2.33. The second-order valence-corrected chi connectivity index (χ2v) is 7.98. The van der Waals surface area contributed by atoms with E-state index in [0.717, 1.165) is 22.3 Å². The summed E-state index contributed by atoms with van der Waals surface area (Å²) in [6.45, 7) is 6.40. The van der Waals surface area contributed by atoms with Gasteiger partial charge in [0, 0.05) is 12.5 Å². The lowest BCUT2D eigenvalue weighted by Gasteiger charge is -2.29. The molecule has 0 fully saturated rings. The van der Waals surface area contributed by atoms with Gasteiger partial charge in [-0.25, -0.2) is 9.59 Å². The molecule has 5 heteroatoms. The van der Waals surface area contributed by atoms with E-state index in [1.54, 1.807) is 0 Å². The van der Waals surface area contributed by atoms with Crippen LogP contribution in [0.5, 0.6) is 0 Å². The maximum absolute atomic E-state index is 12.9. The third kappa shape index (κ3) is 4.44. The summed E-state index contributed by atoms with van der Waals surface area (Å²) in [6.07, 6.45) is 0.521. The topological polar surface area (TPSA) is 66.8 Å². The van der Waals surface area contributed by atoms with Crippen LogP contribution in [0.15, 0.2) is 48.5 Å². The molecular weight excluding hydrogens is 366 g/mol. The number of carboxylic acid groups (broad SMARTS) is 1. The molecule has 0 heterocycles. The summed E-state index contributed by atoms with van der Waals surface area (Å²) in [5.74, 6) is -0.860. The van der Waals surface area contributed by atoms with Crippen LogP contribution in [0, 0.1) is 5.92 Å². The molecule has 1 aliphatic rings. The molecule has 1 atom stereocenters. The number of hydrogen-bond acceptors (Lipinski definition) is 3. The van der Waals surface area contributed by atoms with Gasteiger partial charge in [0.1, 0.15) is 12.6 Å². The summed E-state index contributed by atoms with van der Waals surface area (Å²) < 4.78 is 5.69. The highest BCUT2D eigenvalue weighted by atomic mass is 16.6. The van der Waals surface area contributed by atoms with Gasteiger partial charge < -0.3 is 9.84 Å². The van der Waals surface area contributed by atoms with Crippen LogP contribution in [0.4, 0.5) is 4.79 Å². The van der Waals surface area contributed by atoms with E-state index in [1.807, 2.05) is 45.0 Å². The molecule has 3 rings (SSSR count). The van der Waals surface area contributed by atoms with E-state index in [4.69, 9.17) is 4.74 Å². The lowest BCUT2D eigenvalue weighted by Crippen LogP contribution is -2.46. The van der Waals surface area contributed by atoms with E-state index in [9.17, 15) is 14.7 Å². The minimum atomic E-state index is -0.986. The molecule has 0 saturated carbocycles. The first-order valence-corrected chi connectivity index (χ1v) is 10.3. The predicted molar refractivity (Wildman–Crippen MR) is 113 cm³/mol. The van der Waals surface area contributed by atoms with Gasteiger partial charge in [-0.15, -0.1) is 0 Å². The van der Waals surface area contributed by atoms with Crippen molar-refractivity contribution in [2.45, 2.75) is 45.6 Å². The monoisotopic (exact) mass is 395 g/mol. The summed E-state index contributed by atoms with van der Waals surface area (Å²) in [5.41, 5.74) is 4.61. The first-order chi connectivity index (χ1) is 13.9. The highest BCUT2D eigenvalue weighted by Crippen LogP contribution is 2.44. The summed E-state index contributed by atoms with van der Waals surface area (Å²) in [7, 11) is 0. The minimum absolute atomic E-state index is 0.0387. The Hall–Kier alpha value is -2.82. The van der Waals surface area contributed by atoms with Gasteiger partial charge in [-0.1, -0.05) is 69.3 Å². The van der Waals surface area contributed by atoms with Crippen molar-refractivity contribution in [1.82, 2.24) is 4.90 Å². The van der Waals surface area contributed by atoms with E-state index in [-0.39, 0.29) is 18.4 Å². The van der Waals surface area contributed by atoms with Crippen molar-refractivity contribution in [2.75, 3.05) is 13.2 Å². The number of carboxylic acids is 1. The standard InChI is InChI=1S/C24H29NO4/c1-4-13-25(22(23(26)27)14-16(2)3)24(28)29-15-21-19-11-7-5-9-17(19)18-10-6-8-12-20(18)21/h5-12,16,21-22H,4,13-15H2,1-3H3,(H,26,27)/t22-/m1/s1. The first kappa shape index (κ1) is 20.9. The van der Waals surface area contributed by atoms with Crippen molar-refractivity contribution in [1.29, 1.82) is 0 Å². The maximum Gasteiger partial charge on any atom is 0.410 e. The zero-order valence-corrected chi connectivity index (χ0v) is 17.3. The summed E-state index contributed by atoms with van der Waals surface area (Å²) in [4.78, 5) is 26.0. The third-order valence-electron chi connectivity index (χ3n) is 5.39. The number of nitrogens with zero attached hydrogens (tertiary/aromatic N) is 1. The second kappa shape index (κ2) is 9.12. The molecule has 5 nitrogen and oxygen atoms in total. The number of ether oxygens (including phenoxy) is 1. The van der Waals surface area contributed by atoms with E-state index in [1.165, 1.54) is 4.90 Å². The molecule has 0 saturated heterocycles. The Morgan fingerprint density at radius 2 is 1.59 bits per heavy atom. The fourth-order valence-electron chi connectivity index (χ4n) is 4.10. The lowest BCUT2D eigenvalue weighted by molar-refractivity contribution is -0.143. The number of aliphatic carboxylic acids is 1. The Morgan fingerprint density at radius 1 is 1.03 bits per heavy atom. The first-order valence-electron chi connectivity index (χ1n) is 10.3. The zero-order chi connectivity index (χ0) is 21.0. The number of benzene rings is 2. The van der Waals surface area contributed by atoms with E-state index in [2.05, 4.69) is 24.3 Å². The molecule has 1 N–H and O–H groups in total. The summed E-state index contributed by atoms with van der Waals surface area (Å²) in [5, 5.41) is 9.66. The van der Waals surface area contributed by atoms with Gasteiger partial charge >= 0.3 is 12.1 Å². The average molecular weight is 395 g/mol. The van der Waals surface area contributed by atoms with E-state index in [0.29, 0.717) is 19.4 Å². The van der Waals surface area contributed by atoms with Crippen LogP contribution in [0.1, 0.15) is 50.7 Å². The fraction of sp³-hybridized carbons (Fsp3) is 0.417. The van der Waals surface area contributed by atoms with Crippen molar-refractivity contribution < 1.29 is 19.4 Å². The summed E-state index contributed by atoms with van der Waals surface area (Å²) in [6, 6.07) is 15.4. The Kier molecular flexibility index (Phi) is 6.57. The fourth-order valence-corrected chi connectivity index (χ4v) is 4.10. The van der Waals surface area contributed by atoms with E-state index < -0.39 is 18.1 Å². The van der Waals surface area contributed by atoms with Crippen molar-refractivity contribution >= 4 is 12.1 Å². The molecule has 1 aliphatic carbocycles. The Labute approximate surface area is 172 Å². The zero-order valence-electron chi connectivity index (χ0n) is 17.3. The molecule has 0 radical (unpaired) electrons. The van der Waals surface area contributed by atoms with Gasteiger partial charge in [0.15, 0.2) is 0 Å². The van der Waals surface area contributed by atoms with Crippen molar-refractivity contribution in [3.63, 3.8) is 0 Å². The van der Waals surface area contributed by atoms with Gasteiger partial charge in [0.25, 0.3) is 0 Å². The third-order valence-corrected chi connectivity index (χ3v) is 5.39. The van der Waals surface area contributed by atoms with Crippen molar-refractivity contribution in [3.05, 3.63) is 59.7 Å². The van der Waals surface area contributed by atoms with Crippen molar-refractivity contribution in [2.24, 2.45) is 5.92 Å². The molecule has 0 aliphatic heterocycles. The SMILES string of the molecule is CCCN(C(=O)OCC1c2ccccc2-c2ccccc21)[C@H](CC(C)C)C(=O)O. The van der Waals surface area contributed by atoms with Gasteiger partial charge in [-0.3, -0.25) is 4.90 Å². The quantitative estimate of drug-likeness (QED) is 0.671. The molecule has 0 aromatic heterocycles. The van der Waals surface area contributed by atoms with Crippen molar-refractivity contribution in [3.8, 4) is 11.1 Å². The van der Waals surface area contributed by atoms with Crippen LogP contribution < -0.4 is 0 Å². The Morgan fingerprint density at radius 3 is 2.07 bits per heavy atom. The van der Waals surface area contributed by atoms with Crippen LogP contribution in [0.3, 0.4) is 0 Å². The Bertz CT molecular complexity index is 831.